The van der Waals surface area contributed by atoms with E-state index in [1.807, 2.05) is 18.2 Å². The van der Waals surface area contributed by atoms with Crippen LogP contribution >= 0.6 is 15.9 Å². The molecule has 21 heavy (non-hydrogen) atoms. The molecular formula is C16H10BrNO3. The lowest BCUT2D eigenvalue weighted by molar-refractivity contribution is -0.120. The molecule has 0 N–H and O–H groups in total. The molecule has 1 heterocycles. The number of carbonyl (C=O) groups excluding carboxylic acids is 2. The third kappa shape index (κ3) is 2.78. The van der Waals surface area contributed by atoms with Gasteiger partial charge in [-0.25, -0.2) is 4.79 Å². The monoisotopic (exact) mass is 343 g/mol. The number of halogens is 1. The zero-order valence-electron chi connectivity index (χ0n) is 10.8. The summed E-state index contributed by atoms with van der Waals surface area (Å²) >= 11 is 3.20. The molecule has 0 spiro atoms. The summed E-state index contributed by atoms with van der Waals surface area (Å²) in [4.78, 5) is 28.3. The molecule has 1 aromatic carbocycles. The lowest BCUT2D eigenvalue weighted by atomic mass is 10.1. The molecule has 3 rings (SSSR count). The quantitative estimate of drug-likeness (QED) is 0.786. The van der Waals surface area contributed by atoms with Gasteiger partial charge in [0.25, 0.3) is 0 Å². The first-order chi connectivity index (χ1) is 10.1. The molecule has 0 amide bonds. The van der Waals surface area contributed by atoms with Crippen LogP contribution in [0.5, 0.6) is 0 Å². The average Bonchev–Trinajstić information content (AvgIpc) is 2.49. The minimum atomic E-state index is -0.884. The van der Waals surface area contributed by atoms with E-state index in [2.05, 4.69) is 20.9 Å². The van der Waals surface area contributed by atoms with E-state index in [4.69, 9.17) is 4.74 Å². The van der Waals surface area contributed by atoms with Crippen molar-refractivity contribution in [3.63, 3.8) is 0 Å². The number of nitrogens with zero attached hydrogens (tertiary/aromatic N) is 1. The fourth-order valence-corrected chi connectivity index (χ4v) is 2.47. The van der Waals surface area contributed by atoms with Crippen molar-refractivity contribution in [1.29, 1.82) is 0 Å². The fourth-order valence-electron chi connectivity index (χ4n) is 2.09. The minimum absolute atomic E-state index is 0.268. The number of hydrogen-bond donors (Lipinski definition) is 0. The van der Waals surface area contributed by atoms with E-state index in [-0.39, 0.29) is 5.78 Å². The zero-order chi connectivity index (χ0) is 14.8. The number of esters is 1. The van der Waals surface area contributed by atoms with E-state index in [0.717, 1.165) is 0 Å². The fraction of sp³-hybridized carbons (Fsp3) is 0.0625. The van der Waals surface area contributed by atoms with Gasteiger partial charge in [-0.05, 0) is 30.4 Å². The van der Waals surface area contributed by atoms with Crippen LogP contribution in [0.4, 0.5) is 0 Å². The third-order valence-electron chi connectivity index (χ3n) is 3.09. The standard InChI is InChI=1S/C16H10BrNO3/c17-10-5-6-15(14(19)9-10)21-16(20)12-7-8-18-13-4-2-1-3-11(12)13/h1-9,15H. The molecule has 0 saturated heterocycles. The van der Waals surface area contributed by atoms with E-state index >= 15 is 0 Å². The molecule has 0 bridgehead atoms. The molecule has 5 heteroatoms. The number of allylic oxidation sites excluding steroid dienone is 2. The van der Waals surface area contributed by atoms with E-state index in [0.29, 0.717) is 20.9 Å². The lowest BCUT2D eigenvalue weighted by Crippen LogP contribution is -2.25. The molecular weight excluding hydrogens is 334 g/mol. The molecule has 0 aliphatic heterocycles. The molecule has 1 unspecified atom stereocenters. The Hall–Kier alpha value is -2.27. The number of pyridine rings is 1. The number of para-hydroxylation sites is 1. The summed E-state index contributed by atoms with van der Waals surface area (Å²) < 4.78 is 5.94. The number of ketones is 1. The van der Waals surface area contributed by atoms with Crippen molar-refractivity contribution in [2.75, 3.05) is 0 Å². The largest absolute Gasteiger partial charge is 0.446 e. The summed E-state index contributed by atoms with van der Waals surface area (Å²) in [5.74, 6) is -0.806. The molecule has 104 valence electrons. The van der Waals surface area contributed by atoms with Crippen LogP contribution in [-0.2, 0) is 9.53 Å². The molecule has 2 aromatic rings. The second-order valence-corrected chi connectivity index (χ2v) is 5.41. The van der Waals surface area contributed by atoms with E-state index < -0.39 is 12.1 Å². The zero-order valence-corrected chi connectivity index (χ0v) is 12.4. The van der Waals surface area contributed by atoms with Crippen LogP contribution in [0, 0.1) is 0 Å². The second-order valence-electron chi connectivity index (χ2n) is 4.49. The Bertz CT molecular complexity index is 790. The highest BCUT2D eigenvalue weighted by molar-refractivity contribution is 9.11. The Labute approximate surface area is 129 Å². The number of hydrogen-bond acceptors (Lipinski definition) is 4. The van der Waals surface area contributed by atoms with Gasteiger partial charge in [0.2, 0.25) is 5.78 Å². The maximum Gasteiger partial charge on any atom is 0.339 e. The van der Waals surface area contributed by atoms with Gasteiger partial charge in [-0.1, -0.05) is 34.1 Å². The Kier molecular flexibility index (Phi) is 3.66. The molecule has 4 nitrogen and oxygen atoms in total. The molecule has 1 aliphatic carbocycles. The van der Waals surface area contributed by atoms with E-state index in [9.17, 15) is 9.59 Å². The summed E-state index contributed by atoms with van der Waals surface area (Å²) in [6, 6.07) is 8.88. The SMILES string of the molecule is O=C(OC1C=CC(Br)=CC1=O)c1ccnc2ccccc12. The van der Waals surface area contributed by atoms with Crippen LogP contribution in [-0.4, -0.2) is 22.8 Å². The maximum absolute atomic E-state index is 12.3. The molecule has 0 saturated carbocycles. The average molecular weight is 344 g/mol. The third-order valence-corrected chi connectivity index (χ3v) is 3.59. The van der Waals surface area contributed by atoms with Crippen LogP contribution in [0.1, 0.15) is 10.4 Å². The van der Waals surface area contributed by atoms with Gasteiger partial charge in [-0.15, -0.1) is 0 Å². The predicted octanol–water partition coefficient (Wildman–Crippen LogP) is 3.18. The van der Waals surface area contributed by atoms with Crippen LogP contribution in [0.15, 0.2) is 59.2 Å². The van der Waals surface area contributed by atoms with Crippen molar-refractivity contribution in [3.05, 3.63) is 64.8 Å². The molecule has 1 atom stereocenters. The lowest BCUT2D eigenvalue weighted by Gasteiger charge is -2.15. The van der Waals surface area contributed by atoms with Gasteiger partial charge in [0, 0.05) is 16.1 Å². The number of rotatable bonds is 2. The molecule has 0 fully saturated rings. The first kappa shape index (κ1) is 13.7. The van der Waals surface area contributed by atoms with Crippen molar-refractivity contribution in [3.8, 4) is 0 Å². The Balaban J connectivity index is 1.89. The van der Waals surface area contributed by atoms with E-state index in [1.165, 1.54) is 6.08 Å². The highest BCUT2D eigenvalue weighted by atomic mass is 79.9. The maximum atomic E-state index is 12.3. The van der Waals surface area contributed by atoms with E-state index in [1.54, 1.807) is 30.5 Å². The number of ether oxygens (including phenoxy) is 1. The van der Waals surface area contributed by atoms with Crippen LogP contribution < -0.4 is 0 Å². The molecule has 0 radical (unpaired) electrons. The smallest absolute Gasteiger partial charge is 0.339 e. The Morgan fingerprint density at radius 3 is 2.86 bits per heavy atom. The van der Waals surface area contributed by atoms with Gasteiger partial charge in [0.15, 0.2) is 6.10 Å². The highest BCUT2D eigenvalue weighted by Gasteiger charge is 2.23. The predicted molar refractivity (Wildman–Crippen MR) is 82.1 cm³/mol. The van der Waals surface area contributed by atoms with Crippen LogP contribution in [0.2, 0.25) is 0 Å². The minimum Gasteiger partial charge on any atom is -0.446 e. The van der Waals surface area contributed by atoms with Gasteiger partial charge < -0.3 is 4.74 Å². The van der Waals surface area contributed by atoms with Crippen molar-refractivity contribution in [1.82, 2.24) is 4.98 Å². The number of carbonyl (C=O) groups is 2. The number of fused-ring (bicyclic) bond motifs is 1. The normalized spacial score (nSPS) is 17.7. The summed E-state index contributed by atoms with van der Waals surface area (Å²) in [5, 5.41) is 0.703. The van der Waals surface area contributed by atoms with Crippen LogP contribution in [0.25, 0.3) is 10.9 Å². The summed E-state index contributed by atoms with van der Waals surface area (Å²) in [6.07, 6.45) is 5.29. The van der Waals surface area contributed by atoms with Gasteiger partial charge >= 0.3 is 5.97 Å². The van der Waals surface area contributed by atoms with Crippen molar-refractivity contribution >= 4 is 38.6 Å². The Morgan fingerprint density at radius 1 is 1.24 bits per heavy atom. The Morgan fingerprint density at radius 2 is 2.05 bits per heavy atom. The molecule has 1 aliphatic rings. The number of aromatic nitrogens is 1. The first-order valence-corrected chi connectivity index (χ1v) is 7.08. The van der Waals surface area contributed by atoms with Crippen molar-refractivity contribution in [2.24, 2.45) is 0 Å². The first-order valence-electron chi connectivity index (χ1n) is 6.29. The number of benzene rings is 1. The summed E-state index contributed by atoms with van der Waals surface area (Å²) in [5.41, 5.74) is 1.11. The van der Waals surface area contributed by atoms with Gasteiger partial charge in [0.1, 0.15) is 0 Å². The molecule has 1 aromatic heterocycles. The topological polar surface area (TPSA) is 56.3 Å². The van der Waals surface area contributed by atoms with Gasteiger partial charge in [-0.3, -0.25) is 9.78 Å². The summed E-state index contributed by atoms with van der Waals surface area (Å²) in [7, 11) is 0. The van der Waals surface area contributed by atoms with Crippen molar-refractivity contribution in [2.45, 2.75) is 6.10 Å². The van der Waals surface area contributed by atoms with Gasteiger partial charge in [0.05, 0.1) is 11.1 Å². The van der Waals surface area contributed by atoms with Crippen LogP contribution in [0.3, 0.4) is 0 Å². The summed E-state index contributed by atoms with van der Waals surface area (Å²) in [6.45, 7) is 0. The highest BCUT2D eigenvalue weighted by Crippen LogP contribution is 2.20. The second kappa shape index (κ2) is 5.61. The van der Waals surface area contributed by atoms with Gasteiger partial charge in [-0.2, -0.15) is 0 Å². The van der Waals surface area contributed by atoms with Crippen molar-refractivity contribution < 1.29 is 14.3 Å².